The number of piperidine rings is 1. The zero-order valence-corrected chi connectivity index (χ0v) is 13.1. The Morgan fingerprint density at radius 2 is 1.91 bits per heavy atom. The van der Waals surface area contributed by atoms with E-state index in [1.165, 1.54) is 0 Å². The van der Waals surface area contributed by atoms with Crippen LogP contribution in [-0.2, 0) is 14.8 Å². The van der Waals surface area contributed by atoms with Crippen molar-refractivity contribution in [3.05, 3.63) is 29.6 Å². The summed E-state index contributed by atoms with van der Waals surface area (Å²) in [6, 6.07) is 1.82. The Labute approximate surface area is 132 Å². The number of rotatable bonds is 4. The van der Waals surface area contributed by atoms with Crippen molar-refractivity contribution in [3.63, 3.8) is 0 Å². The fourth-order valence-corrected chi connectivity index (χ4v) is 4.42. The lowest BCUT2D eigenvalue weighted by Crippen LogP contribution is -2.46. The van der Waals surface area contributed by atoms with Gasteiger partial charge in [0.1, 0.15) is 5.82 Å². The molecule has 1 fully saturated rings. The number of aliphatic carboxylic acids is 1. The van der Waals surface area contributed by atoms with Crippen LogP contribution < -0.4 is 0 Å². The van der Waals surface area contributed by atoms with Gasteiger partial charge in [0.15, 0.2) is 0 Å². The van der Waals surface area contributed by atoms with E-state index in [0.717, 1.165) is 22.5 Å². The van der Waals surface area contributed by atoms with E-state index in [4.69, 9.17) is 10.2 Å². The molecule has 126 valence electrons. The van der Waals surface area contributed by atoms with E-state index in [1.807, 2.05) is 0 Å². The molecule has 1 aliphatic heterocycles. The van der Waals surface area contributed by atoms with Crippen molar-refractivity contribution in [3.8, 4) is 0 Å². The first-order valence-corrected chi connectivity index (χ1v) is 8.35. The highest BCUT2D eigenvalue weighted by Gasteiger charge is 2.37. The van der Waals surface area contributed by atoms with E-state index < -0.39 is 50.2 Å². The van der Waals surface area contributed by atoms with Crippen molar-refractivity contribution in [2.75, 3.05) is 6.54 Å². The molecule has 23 heavy (non-hydrogen) atoms. The zero-order valence-electron chi connectivity index (χ0n) is 12.3. The average Bonchev–Trinajstić information content (AvgIpc) is 2.45. The second-order valence-electron chi connectivity index (χ2n) is 5.51. The van der Waals surface area contributed by atoms with Crippen molar-refractivity contribution < 1.29 is 32.6 Å². The summed E-state index contributed by atoms with van der Waals surface area (Å²) >= 11 is 0. The maximum Gasteiger partial charge on any atom is 0.335 e. The van der Waals surface area contributed by atoms with E-state index in [9.17, 15) is 22.4 Å². The molecule has 1 saturated heterocycles. The Kier molecular flexibility index (Phi) is 4.71. The van der Waals surface area contributed by atoms with Crippen LogP contribution in [0.25, 0.3) is 0 Å². The lowest BCUT2D eigenvalue weighted by Gasteiger charge is -2.35. The third-order valence-corrected chi connectivity index (χ3v) is 5.88. The number of hydrogen-bond donors (Lipinski definition) is 2. The molecule has 1 aromatic carbocycles. The predicted molar refractivity (Wildman–Crippen MR) is 77.1 cm³/mol. The molecule has 0 bridgehead atoms. The van der Waals surface area contributed by atoms with E-state index in [-0.39, 0.29) is 19.4 Å². The molecule has 2 N–H and O–H groups in total. The van der Waals surface area contributed by atoms with Gasteiger partial charge >= 0.3 is 11.9 Å². The number of nitrogens with zero attached hydrogens (tertiary/aromatic N) is 1. The Morgan fingerprint density at radius 1 is 1.26 bits per heavy atom. The second-order valence-corrected chi connectivity index (χ2v) is 7.40. The lowest BCUT2D eigenvalue weighted by atomic mass is 9.93. The summed E-state index contributed by atoms with van der Waals surface area (Å²) in [5, 5.41) is 17.9. The molecule has 7 nitrogen and oxygen atoms in total. The third kappa shape index (κ3) is 3.50. The smallest absolute Gasteiger partial charge is 0.335 e. The molecule has 0 aromatic heterocycles. The number of carboxylic acid groups (broad SMARTS) is 2. The highest BCUT2D eigenvalue weighted by atomic mass is 32.2. The minimum atomic E-state index is -4.10. The van der Waals surface area contributed by atoms with Crippen molar-refractivity contribution in [2.24, 2.45) is 5.92 Å². The van der Waals surface area contributed by atoms with Gasteiger partial charge in [-0.05, 0) is 38.0 Å². The van der Waals surface area contributed by atoms with Gasteiger partial charge in [-0.2, -0.15) is 4.31 Å². The van der Waals surface area contributed by atoms with Gasteiger partial charge in [-0.3, -0.25) is 4.79 Å². The molecule has 0 unspecified atom stereocenters. The highest BCUT2D eigenvalue weighted by molar-refractivity contribution is 7.89. The first kappa shape index (κ1) is 17.4. The van der Waals surface area contributed by atoms with Gasteiger partial charge in [0.25, 0.3) is 0 Å². The van der Waals surface area contributed by atoms with Crippen molar-refractivity contribution >= 4 is 22.0 Å². The number of benzene rings is 1. The molecule has 0 amide bonds. The van der Waals surface area contributed by atoms with E-state index in [0.29, 0.717) is 0 Å². The zero-order chi connectivity index (χ0) is 17.4. The number of aromatic carboxylic acids is 1. The number of halogens is 1. The summed E-state index contributed by atoms with van der Waals surface area (Å²) < 4.78 is 39.9. The fourth-order valence-electron chi connectivity index (χ4n) is 2.70. The molecule has 0 radical (unpaired) electrons. The summed E-state index contributed by atoms with van der Waals surface area (Å²) in [7, 11) is -4.10. The topological polar surface area (TPSA) is 112 Å². The third-order valence-electron chi connectivity index (χ3n) is 3.89. The number of hydrogen-bond acceptors (Lipinski definition) is 4. The Balaban J connectivity index is 2.36. The maximum atomic E-state index is 13.5. The first-order valence-electron chi connectivity index (χ1n) is 6.91. The van der Waals surface area contributed by atoms with Crippen LogP contribution in [0.3, 0.4) is 0 Å². The molecule has 2 atom stereocenters. The van der Waals surface area contributed by atoms with Crippen LogP contribution in [0.15, 0.2) is 23.1 Å². The normalized spacial score (nSPS) is 22.7. The van der Waals surface area contributed by atoms with Crippen molar-refractivity contribution in [1.29, 1.82) is 0 Å². The van der Waals surface area contributed by atoms with Gasteiger partial charge < -0.3 is 10.2 Å². The Hall–Kier alpha value is -2.00. The monoisotopic (exact) mass is 345 g/mol. The van der Waals surface area contributed by atoms with Gasteiger partial charge in [-0.25, -0.2) is 17.6 Å². The largest absolute Gasteiger partial charge is 0.481 e. The highest BCUT2D eigenvalue weighted by Crippen LogP contribution is 2.29. The van der Waals surface area contributed by atoms with Crippen LogP contribution >= 0.6 is 0 Å². The molecule has 9 heteroatoms. The van der Waals surface area contributed by atoms with Gasteiger partial charge in [0.05, 0.1) is 16.4 Å². The molecule has 0 spiro atoms. The molecule has 0 saturated carbocycles. The predicted octanol–water partition coefficient (Wildman–Crippen LogP) is 1.40. The second kappa shape index (κ2) is 6.25. The first-order chi connectivity index (χ1) is 10.6. The van der Waals surface area contributed by atoms with E-state index >= 15 is 0 Å². The van der Waals surface area contributed by atoms with E-state index in [1.54, 1.807) is 6.92 Å². The minimum Gasteiger partial charge on any atom is -0.481 e. The molecule has 0 aliphatic carbocycles. The van der Waals surface area contributed by atoms with Crippen molar-refractivity contribution in [1.82, 2.24) is 4.31 Å². The number of carbonyl (C=O) groups is 2. The van der Waals surface area contributed by atoms with Gasteiger partial charge in [0.2, 0.25) is 10.0 Å². The molecular formula is C14H16FNO6S. The summed E-state index contributed by atoms with van der Waals surface area (Å²) in [6.45, 7) is 1.56. The van der Waals surface area contributed by atoms with Crippen LogP contribution in [0.1, 0.15) is 30.1 Å². The maximum absolute atomic E-state index is 13.5. The standard InChI is InChI=1S/C14H16FNO6S/c1-8-4-9(13(17)18)2-3-16(8)23(21,22)12-6-10(14(19)20)5-11(15)7-12/h5-9H,2-4H2,1H3,(H,17,18)(H,19,20)/t8-,9-/m1/s1. The Morgan fingerprint density at radius 3 is 2.43 bits per heavy atom. The summed E-state index contributed by atoms with van der Waals surface area (Å²) in [5.74, 6) is -4.00. The van der Waals surface area contributed by atoms with Crippen LogP contribution in [0.4, 0.5) is 4.39 Å². The molecule has 1 aliphatic rings. The van der Waals surface area contributed by atoms with Gasteiger partial charge in [-0.15, -0.1) is 0 Å². The van der Waals surface area contributed by atoms with Crippen LogP contribution in [0.2, 0.25) is 0 Å². The quantitative estimate of drug-likeness (QED) is 0.853. The summed E-state index contributed by atoms with van der Waals surface area (Å²) in [6.07, 6.45) is 0.301. The van der Waals surface area contributed by atoms with Crippen LogP contribution in [0.5, 0.6) is 0 Å². The molecular weight excluding hydrogens is 329 g/mol. The fraction of sp³-hybridized carbons (Fsp3) is 0.429. The molecule has 2 rings (SSSR count). The average molecular weight is 345 g/mol. The molecule has 1 heterocycles. The lowest BCUT2D eigenvalue weighted by molar-refractivity contribution is -0.143. The Bertz CT molecular complexity index is 748. The summed E-state index contributed by atoms with van der Waals surface area (Å²) in [5.41, 5.74) is -0.461. The van der Waals surface area contributed by atoms with Crippen LogP contribution in [-0.4, -0.2) is 47.5 Å². The van der Waals surface area contributed by atoms with E-state index in [2.05, 4.69) is 0 Å². The van der Waals surface area contributed by atoms with Gasteiger partial charge in [0, 0.05) is 12.6 Å². The number of carboxylic acids is 2. The molecule has 1 aromatic rings. The van der Waals surface area contributed by atoms with Gasteiger partial charge in [-0.1, -0.05) is 0 Å². The number of sulfonamides is 1. The van der Waals surface area contributed by atoms with Crippen LogP contribution in [0, 0.1) is 11.7 Å². The summed E-state index contributed by atoms with van der Waals surface area (Å²) in [4.78, 5) is 21.5. The van der Waals surface area contributed by atoms with Crippen molar-refractivity contribution in [2.45, 2.75) is 30.7 Å². The SMILES string of the molecule is C[C@@H]1C[C@H](C(=O)O)CCN1S(=O)(=O)c1cc(F)cc(C(=O)O)c1. The minimum absolute atomic E-state index is 0.0145.